The van der Waals surface area contributed by atoms with Crippen LogP contribution in [0.1, 0.15) is 24.8 Å². The van der Waals surface area contributed by atoms with Crippen molar-refractivity contribution in [2.24, 2.45) is 5.41 Å². The number of hydrogen-bond acceptors (Lipinski definition) is 5. The van der Waals surface area contributed by atoms with E-state index >= 15 is 0 Å². The Labute approximate surface area is 178 Å². The summed E-state index contributed by atoms with van der Waals surface area (Å²) in [4.78, 5) is 30.4. The zero-order valence-electron chi connectivity index (χ0n) is 18.1. The van der Waals surface area contributed by atoms with Crippen molar-refractivity contribution in [3.05, 3.63) is 29.8 Å². The molecule has 2 amide bonds. The molecule has 3 aliphatic heterocycles. The van der Waals surface area contributed by atoms with E-state index in [0.717, 1.165) is 64.3 Å². The van der Waals surface area contributed by atoms with Crippen LogP contribution in [-0.2, 0) is 14.3 Å². The van der Waals surface area contributed by atoms with Crippen molar-refractivity contribution < 1.29 is 19.1 Å². The minimum atomic E-state index is 0.0526. The summed E-state index contributed by atoms with van der Waals surface area (Å²) in [6.07, 6.45) is 3.16. The van der Waals surface area contributed by atoms with Crippen LogP contribution in [0.25, 0.3) is 0 Å². The predicted octanol–water partition coefficient (Wildman–Crippen LogP) is 1.55. The van der Waals surface area contributed by atoms with Crippen LogP contribution in [0.4, 0.5) is 0 Å². The Hall–Kier alpha value is -2.12. The molecule has 0 unspecified atom stereocenters. The smallest absolute Gasteiger partial charge is 0.260 e. The van der Waals surface area contributed by atoms with E-state index in [4.69, 9.17) is 9.47 Å². The lowest BCUT2D eigenvalue weighted by Gasteiger charge is -2.38. The van der Waals surface area contributed by atoms with Gasteiger partial charge in [0.05, 0.1) is 19.3 Å². The van der Waals surface area contributed by atoms with E-state index in [1.54, 1.807) is 4.90 Å². The van der Waals surface area contributed by atoms with Gasteiger partial charge in [-0.2, -0.15) is 0 Å². The molecule has 3 fully saturated rings. The molecule has 1 aromatic rings. The lowest BCUT2D eigenvalue weighted by molar-refractivity contribution is -0.136. The SMILES string of the molecule is Cc1ccc(OCC(=O)N2CCC3(CC2)CO[C@H](CN2CCN(C)C(=O)C2)C3)cc1. The normalized spacial score (nSPS) is 24.5. The van der Waals surface area contributed by atoms with E-state index in [1.807, 2.05) is 43.1 Å². The summed E-state index contributed by atoms with van der Waals surface area (Å²) in [6, 6.07) is 7.77. The second-order valence-electron chi connectivity index (χ2n) is 9.17. The molecule has 7 nitrogen and oxygen atoms in total. The Balaban J connectivity index is 1.20. The molecule has 0 N–H and O–H groups in total. The molecule has 1 aromatic carbocycles. The van der Waals surface area contributed by atoms with Crippen molar-refractivity contribution in [3.63, 3.8) is 0 Å². The van der Waals surface area contributed by atoms with Crippen molar-refractivity contribution in [2.45, 2.75) is 32.3 Å². The molecular weight excluding hydrogens is 382 g/mol. The van der Waals surface area contributed by atoms with E-state index in [-0.39, 0.29) is 29.9 Å². The summed E-state index contributed by atoms with van der Waals surface area (Å²) < 4.78 is 11.8. The second kappa shape index (κ2) is 8.94. The second-order valence-corrected chi connectivity index (χ2v) is 9.17. The Morgan fingerprint density at radius 3 is 2.60 bits per heavy atom. The Bertz CT molecular complexity index is 758. The fourth-order valence-corrected chi connectivity index (χ4v) is 4.71. The third-order valence-corrected chi connectivity index (χ3v) is 6.84. The van der Waals surface area contributed by atoms with Crippen LogP contribution in [0.15, 0.2) is 24.3 Å². The summed E-state index contributed by atoms with van der Waals surface area (Å²) in [6.45, 7) is 7.43. The number of carbonyl (C=O) groups excluding carboxylic acids is 2. The molecule has 3 aliphatic rings. The van der Waals surface area contributed by atoms with Gasteiger partial charge in [-0.25, -0.2) is 0 Å². The van der Waals surface area contributed by atoms with Crippen LogP contribution in [0.3, 0.4) is 0 Å². The third kappa shape index (κ3) is 4.95. The zero-order chi connectivity index (χ0) is 21.1. The number of amides is 2. The fourth-order valence-electron chi connectivity index (χ4n) is 4.71. The summed E-state index contributed by atoms with van der Waals surface area (Å²) in [7, 11) is 1.86. The van der Waals surface area contributed by atoms with E-state index < -0.39 is 0 Å². The average molecular weight is 416 g/mol. The van der Waals surface area contributed by atoms with Crippen LogP contribution in [0, 0.1) is 12.3 Å². The number of carbonyl (C=O) groups is 2. The first-order valence-corrected chi connectivity index (χ1v) is 11.0. The van der Waals surface area contributed by atoms with Crippen molar-refractivity contribution in [1.82, 2.24) is 14.7 Å². The third-order valence-electron chi connectivity index (χ3n) is 6.84. The maximum Gasteiger partial charge on any atom is 0.260 e. The molecule has 1 spiro atoms. The Kier molecular flexibility index (Phi) is 6.29. The number of ether oxygens (including phenoxy) is 2. The van der Waals surface area contributed by atoms with Crippen LogP contribution < -0.4 is 4.74 Å². The van der Waals surface area contributed by atoms with Gasteiger partial charge in [-0.1, -0.05) is 17.7 Å². The van der Waals surface area contributed by atoms with Gasteiger partial charge in [0.15, 0.2) is 6.61 Å². The van der Waals surface area contributed by atoms with Crippen LogP contribution in [0.5, 0.6) is 5.75 Å². The van der Waals surface area contributed by atoms with Crippen molar-refractivity contribution in [2.75, 3.05) is 59.5 Å². The highest BCUT2D eigenvalue weighted by Gasteiger charge is 2.43. The van der Waals surface area contributed by atoms with Gasteiger partial charge in [-0.3, -0.25) is 14.5 Å². The largest absolute Gasteiger partial charge is 0.484 e. The van der Waals surface area contributed by atoms with Gasteiger partial charge in [0.25, 0.3) is 5.91 Å². The Morgan fingerprint density at radius 2 is 1.90 bits per heavy atom. The first-order chi connectivity index (χ1) is 14.4. The lowest BCUT2D eigenvalue weighted by atomic mass is 9.76. The minimum absolute atomic E-state index is 0.0526. The minimum Gasteiger partial charge on any atom is -0.484 e. The van der Waals surface area contributed by atoms with E-state index in [1.165, 1.54) is 5.56 Å². The molecule has 1 atom stereocenters. The lowest BCUT2D eigenvalue weighted by Crippen LogP contribution is -2.50. The number of hydrogen-bond donors (Lipinski definition) is 0. The first kappa shape index (κ1) is 21.1. The highest BCUT2D eigenvalue weighted by molar-refractivity contribution is 5.78. The molecule has 30 heavy (non-hydrogen) atoms. The van der Waals surface area contributed by atoms with Crippen LogP contribution in [0.2, 0.25) is 0 Å². The monoisotopic (exact) mass is 415 g/mol. The number of benzene rings is 1. The quantitative estimate of drug-likeness (QED) is 0.730. The summed E-state index contributed by atoms with van der Waals surface area (Å²) in [5, 5.41) is 0. The number of likely N-dealkylation sites (tertiary alicyclic amines) is 1. The van der Waals surface area contributed by atoms with E-state index in [2.05, 4.69) is 4.90 Å². The van der Waals surface area contributed by atoms with Crippen LogP contribution >= 0.6 is 0 Å². The molecular formula is C23H33N3O4. The summed E-state index contributed by atoms with van der Waals surface area (Å²) in [5.41, 5.74) is 1.35. The topological polar surface area (TPSA) is 62.3 Å². The van der Waals surface area contributed by atoms with Gasteiger partial charge in [0.1, 0.15) is 5.75 Å². The molecule has 0 saturated carbocycles. The van der Waals surface area contributed by atoms with Gasteiger partial charge >= 0.3 is 0 Å². The predicted molar refractivity (Wildman–Crippen MR) is 113 cm³/mol. The molecule has 0 aliphatic carbocycles. The van der Waals surface area contributed by atoms with Gasteiger partial charge in [-0.15, -0.1) is 0 Å². The number of likely N-dealkylation sites (N-methyl/N-ethyl adjacent to an activating group) is 1. The van der Waals surface area contributed by atoms with Crippen LogP contribution in [-0.4, -0.2) is 92.1 Å². The van der Waals surface area contributed by atoms with Crippen molar-refractivity contribution in [3.8, 4) is 5.75 Å². The molecule has 3 heterocycles. The number of rotatable bonds is 5. The summed E-state index contributed by atoms with van der Waals surface area (Å²) >= 11 is 0. The summed E-state index contributed by atoms with van der Waals surface area (Å²) in [5.74, 6) is 0.974. The molecule has 0 radical (unpaired) electrons. The maximum absolute atomic E-state index is 12.6. The maximum atomic E-state index is 12.6. The van der Waals surface area contributed by atoms with E-state index in [0.29, 0.717) is 6.54 Å². The molecule has 7 heteroatoms. The molecule has 164 valence electrons. The number of nitrogens with zero attached hydrogens (tertiary/aromatic N) is 3. The molecule has 3 saturated heterocycles. The standard InChI is InChI=1S/C23H33N3O4/c1-18-3-5-19(6-4-18)29-16-22(28)26-9-7-23(8-10-26)13-20(30-17-23)14-25-12-11-24(2)21(27)15-25/h3-6,20H,7-17H2,1-2H3/t20-/m0/s1. The Morgan fingerprint density at radius 1 is 1.17 bits per heavy atom. The molecule has 0 bridgehead atoms. The van der Waals surface area contributed by atoms with Crippen molar-refractivity contribution in [1.29, 1.82) is 0 Å². The van der Waals surface area contributed by atoms with Gasteiger partial charge in [0, 0.05) is 39.8 Å². The molecule has 0 aromatic heterocycles. The average Bonchev–Trinajstić information content (AvgIpc) is 3.12. The van der Waals surface area contributed by atoms with Crippen molar-refractivity contribution >= 4 is 11.8 Å². The van der Waals surface area contributed by atoms with Gasteiger partial charge < -0.3 is 19.3 Å². The van der Waals surface area contributed by atoms with Gasteiger partial charge in [-0.05, 0) is 43.7 Å². The highest BCUT2D eigenvalue weighted by Crippen LogP contribution is 2.42. The number of aryl methyl sites for hydroxylation is 1. The first-order valence-electron chi connectivity index (χ1n) is 11.0. The number of piperazine rings is 1. The highest BCUT2D eigenvalue weighted by atomic mass is 16.5. The molecule has 4 rings (SSSR count). The fraction of sp³-hybridized carbons (Fsp3) is 0.652. The number of piperidine rings is 1. The van der Waals surface area contributed by atoms with Gasteiger partial charge in [0.2, 0.25) is 5.91 Å². The zero-order valence-corrected chi connectivity index (χ0v) is 18.1. The van der Waals surface area contributed by atoms with E-state index in [9.17, 15) is 9.59 Å².